The molecule has 1 fully saturated rings. The fourth-order valence-electron chi connectivity index (χ4n) is 3.83. The molecular formula is C19H25NO2. The Kier molecular flexibility index (Phi) is 4.51. The van der Waals surface area contributed by atoms with Crippen LogP contribution in [0.1, 0.15) is 50.5 Å². The van der Waals surface area contributed by atoms with Gasteiger partial charge in [0.2, 0.25) is 0 Å². The molecule has 118 valence electrons. The topological polar surface area (TPSA) is 31.2 Å². The number of nitrogens with zero attached hydrogens (tertiary/aromatic N) is 1. The minimum Gasteiger partial charge on any atom is -0.469 e. The van der Waals surface area contributed by atoms with E-state index in [1.807, 2.05) is 0 Å². The molecule has 0 radical (unpaired) electrons. The second kappa shape index (κ2) is 6.55. The third-order valence-corrected chi connectivity index (χ3v) is 4.99. The maximum atomic E-state index is 11.7. The molecule has 0 atom stereocenters. The van der Waals surface area contributed by atoms with Crippen molar-refractivity contribution in [2.45, 2.75) is 51.5 Å². The van der Waals surface area contributed by atoms with Gasteiger partial charge in [-0.15, -0.1) is 0 Å². The van der Waals surface area contributed by atoms with Crippen LogP contribution in [-0.2, 0) is 16.1 Å². The first-order valence-electron chi connectivity index (χ1n) is 8.40. The zero-order valence-corrected chi connectivity index (χ0v) is 13.5. The van der Waals surface area contributed by atoms with Crippen LogP contribution in [0.2, 0.25) is 0 Å². The van der Waals surface area contributed by atoms with Crippen LogP contribution >= 0.6 is 0 Å². The van der Waals surface area contributed by atoms with E-state index in [9.17, 15) is 4.79 Å². The number of carbonyl (C=O) groups is 1. The van der Waals surface area contributed by atoms with E-state index in [-0.39, 0.29) is 11.9 Å². The first-order valence-corrected chi connectivity index (χ1v) is 8.40. The summed E-state index contributed by atoms with van der Waals surface area (Å²) in [7, 11) is 1.49. The van der Waals surface area contributed by atoms with Gasteiger partial charge in [-0.2, -0.15) is 0 Å². The van der Waals surface area contributed by atoms with Crippen LogP contribution in [-0.4, -0.2) is 17.6 Å². The molecule has 1 aliphatic carbocycles. The third kappa shape index (κ3) is 2.77. The maximum Gasteiger partial charge on any atom is 0.308 e. The van der Waals surface area contributed by atoms with Gasteiger partial charge in [0.1, 0.15) is 0 Å². The van der Waals surface area contributed by atoms with E-state index in [1.54, 1.807) is 0 Å². The Labute approximate surface area is 132 Å². The van der Waals surface area contributed by atoms with Crippen molar-refractivity contribution >= 4 is 16.9 Å². The number of hydrogen-bond donors (Lipinski definition) is 0. The molecule has 1 aromatic heterocycles. The van der Waals surface area contributed by atoms with Crippen molar-refractivity contribution in [3.05, 3.63) is 36.0 Å². The zero-order valence-electron chi connectivity index (χ0n) is 13.5. The molecule has 3 nitrogen and oxygen atoms in total. The van der Waals surface area contributed by atoms with E-state index in [0.717, 1.165) is 38.6 Å². The summed E-state index contributed by atoms with van der Waals surface area (Å²) < 4.78 is 7.28. The molecule has 22 heavy (non-hydrogen) atoms. The number of fused-ring (bicyclic) bond motifs is 1. The number of hydrogen-bond acceptors (Lipinski definition) is 2. The van der Waals surface area contributed by atoms with Crippen LogP contribution in [0, 0.1) is 5.92 Å². The summed E-state index contributed by atoms with van der Waals surface area (Å²) in [6, 6.07) is 8.70. The number of para-hydroxylation sites is 1. The van der Waals surface area contributed by atoms with Crippen molar-refractivity contribution in [3.63, 3.8) is 0 Å². The average Bonchev–Trinajstić information content (AvgIpc) is 2.94. The van der Waals surface area contributed by atoms with E-state index in [2.05, 4.69) is 42.0 Å². The number of ether oxygens (including phenoxy) is 1. The van der Waals surface area contributed by atoms with Crippen LogP contribution in [0.15, 0.2) is 30.5 Å². The normalized spacial score (nSPS) is 21.9. The quantitative estimate of drug-likeness (QED) is 0.778. The van der Waals surface area contributed by atoms with Crippen LogP contribution in [0.3, 0.4) is 0 Å². The second-order valence-electron chi connectivity index (χ2n) is 6.37. The van der Waals surface area contributed by atoms with Crippen LogP contribution < -0.4 is 0 Å². The van der Waals surface area contributed by atoms with Crippen molar-refractivity contribution in [1.82, 2.24) is 4.57 Å². The largest absolute Gasteiger partial charge is 0.469 e. The van der Waals surface area contributed by atoms with E-state index < -0.39 is 0 Å². The smallest absolute Gasteiger partial charge is 0.308 e. The number of aromatic nitrogens is 1. The maximum absolute atomic E-state index is 11.7. The Bertz CT molecular complexity index is 650. The van der Waals surface area contributed by atoms with Crippen molar-refractivity contribution in [2.75, 3.05) is 7.11 Å². The molecule has 0 saturated heterocycles. The van der Waals surface area contributed by atoms with Crippen molar-refractivity contribution < 1.29 is 9.53 Å². The third-order valence-electron chi connectivity index (χ3n) is 4.99. The lowest BCUT2D eigenvalue weighted by Gasteiger charge is -2.26. The van der Waals surface area contributed by atoms with Gasteiger partial charge in [0.15, 0.2) is 0 Å². The lowest BCUT2D eigenvalue weighted by molar-refractivity contribution is -0.146. The van der Waals surface area contributed by atoms with Gasteiger partial charge >= 0.3 is 5.97 Å². The molecule has 1 aliphatic rings. The van der Waals surface area contributed by atoms with Gasteiger partial charge in [-0.1, -0.05) is 25.1 Å². The van der Waals surface area contributed by atoms with Gasteiger partial charge in [-0.05, 0) is 49.7 Å². The first-order chi connectivity index (χ1) is 10.7. The van der Waals surface area contributed by atoms with Gasteiger partial charge < -0.3 is 9.30 Å². The Hall–Kier alpha value is -1.77. The summed E-state index contributed by atoms with van der Waals surface area (Å²) in [6.07, 6.45) is 7.56. The van der Waals surface area contributed by atoms with Gasteiger partial charge in [0.25, 0.3) is 0 Å². The highest BCUT2D eigenvalue weighted by Crippen LogP contribution is 2.39. The molecule has 0 aliphatic heterocycles. The predicted molar refractivity (Wildman–Crippen MR) is 88.9 cm³/mol. The van der Waals surface area contributed by atoms with E-state index in [4.69, 9.17) is 4.74 Å². The molecular weight excluding hydrogens is 274 g/mol. The van der Waals surface area contributed by atoms with Gasteiger partial charge in [-0.3, -0.25) is 4.79 Å². The molecule has 0 amide bonds. The van der Waals surface area contributed by atoms with Crippen LogP contribution in [0.25, 0.3) is 10.9 Å². The highest BCUT2D eigenvalue weighted by molar-refractivity contribution is 5.84. The number of aryl methyl sites for hydroxylation is 1. The molecule has 0 unspecified atom stereocenters. The molecule has 0 spiro atoms. The molecule has 1 saturated carbocycles. The molecule has 1 heterocycles. The molecule has 0 bridgehead atoms. The monoisotopic (exact) mass is 299 g/mol. The Morgan fingerprint density at radius 1 is 1.23 bits per heavy atom. The average molecular weight is 299 g/mol. The summed E-state index contributed by atoms with van der Waals surface area (Å²) >= 11 is 0. The minimum absolute atomic E-state index is 0.0353. The molecule has 2 aromatic rings. The first kappa shape index (κ1) is 15.1. The highest BCUT2D eigenvalue weighted by Gasteiger charge is 2.29. The van der Waals surface area contributed by atoms with Gasteiger partial charge in [0.05, 0.1) is 13.0 Å². The van der Waals surface area contributed by atoms with Crippen LogP contribution in [0.5, 0.6) is 0 Å². The Morgan fingerprint density at radius 3 is 2.64 bits per heavy atom. The number of benzene rings is 1. The summed E-state index contributed by atoms with van der Waals surface area (Å²) in [4.78, 5) is 11.7. The van der Waals surface area contributed by atoms with Crippen molar-refractivity contribution in [2.24, 2.45) is 5.92 Å². The lowest BCUT2D eigenvalue weighted by atomic mass is 9.78. The minimum atomic E-state index is -0.0353. The summed E-state index contributed by atoms with van der Waals surface area (Å²) in [6.45, 7) is 3.29. The van der Waals surface area contributed by atoms with Crippen LogP contribution in [0.4, 0.5) is 0 Å². The fourth-order valence-corrected chi connectivity index (χ4v) is 3.83. The fraction of sp³-hybridized carbons (Fsp3) is 0.526. The second-order valence-corrected chi connectivity index (χ2v) is 6.37. The molecule has 0 N–H and O–H groups in total. The number of rotatable bonds is 4. The van der Waals surface area contributed by atoms with Gasteiger partial charge in [0, 0.05) is 23.6 Å². The SMILES string of the molecule is CCCn1cc(C2CCC(C(=O)OC)CC2)c2ccccc21. The zero-order chi connectivity index (χ0) is 15.5. The molecule has 3 rings (SSSR count). The van der Waals surface area contributed by atoms with Gasteiger partial charge in [-0.25, -0.2) is 0 Å². The molecule has 3 heteroatoms. The number of carbonyl (C=O) groups excluding carboxylic acids is 1. The summed E-state index contributed by atoms with van der Waals surface area (Å²) in [5.41, 5.74) is 2.81. The number of methoxy groups -OCH3 is 1. The van der Waals surface area contributed by atoms with E-state index >= 15 is 0 Å². The van der Waals surface area contributed by atoms with Crippen molar-refractivity contribution in [1.29, 1.82) is 0 Å². The summed E-state index contributed by atoms with van der Waals surface area (Å²) in [5.74, 6) is 0.640. The highest BCUT2D eigenvalue weighted by atomic mass is 16.5. The predicted octanol–water partition coefficient (Wildman–Crippen LogP) is 4.50. The Morgan fingerprint density at radius 2 is 1.95 bits per heavy atom. The van der Waals surface area contributed by atoms with Crippen molar-refractivity contribution in [3.8, 4) is 0 Å². The standard InChI is InChI=1S/C19H25NO2/c1-3-12-20-13-17(16-6-4-5-7-18(16)20)14-8-10-15(11-9-14)19(21)22-2/h4-7,13-15H,3,8-12H2,1-2H3. The van der Waals surface area contributed by atoms with E-state index in [0.29, 0.717) is 5.92 Å². The summed E-state index contributed by atoms with van der Waals surface area (Å²) in [5, 5.41) is 1.39. The molecule has 1 aromatic carbocycles. The number of esters is 1. The van der Waals surface area contributed by atoms with E-state index in [1.165, 1.54) is 23.6 Å². The lowest BCUT2D eigenvalue weighted by Crippen LogP contribution is -2.22. The Balaban J connectivity index is 1.84.